The number of rotatable bonds is 5. The van der Waals surface area contributed by atoms with Gasteiger partial charge in [0.1, 0.15) is 11.6 Å². The molecule has 4 aromatic carbocycles. The highest BCUT2D eigenvalue weighted by molar-refractivity contribution is 5.93. The Morgan fingerprint density at radius 3 is 2.39 bits per heavy atom. The van der Waals surface area contributed by atoms with E-state index in [1.807, 2.05) is 66.7 Å². The molecule has 0 radical (unpaired) electrons. The minimum Gasteiger partial charge on any atom is -0.398 e. The number of anilines is 3. The zero-order valence-electron chi connectivity index (χ0n) is 17.6. The molecule has 0 aliphatic rings. The van der Waals surface area contributed by atoms with E-state index in [-0.39, 0.29) is 5.82 Å². The summed E-state index contributed by atoms with van der Waals surface area (Å²) in [7, 11) is 0. The summed E-state index contributed by atoms with van der Waals surface area (Å²) in [5.41, 5.74) is 10.5. The highest BCUT2D eigenvalue weighted by atomic mass is 19.1. The Morgan fingerprint density at radius 1 is 0.818 bits per heavy atom. The van der Waals surface area contributed by atoms with Crippen LogP contribution in [-0.2, 0) is 0 Å². The molecule has 0 saturated carbocycles. The van der Waals surface area contributed by atoms with E-state index < -0.39 is 5.82 Å². The lowest BCUT2D eigenvalue weighted by atomic mass is 10.0. The van der Waals surface area contributed by atoms with Gasteiger partial charge >= 0.3 is 0 Å². The summed E-state index contributed by atoms with van der Waals surface area (Å²) in [4.78, 5) is 9.27. The number of nitrogen functional groups attached to an aromatic ring is 1. The van der Waals surface area contributed by atoms with Crippen LogP contribution in [0.1, 0.15) is 5.56 Å². The molecule has 0 amide bonds. The summed E-state index contributed by atoms with van der Waals surface area (Å²) >= 11 is 0. The topological polar surface area (TPSA) is 87.7 Å². The van der Waals surface area contributed by atoms with E-state index in [1.54, 1.807) is 18.2 Å². The lowest BCUT2D eigenvalue weighted by Gasteiger charge is -2.13. The summed E-state index contributed by atoms with van der Waals surface area (Å²) in [5, 5.41) is 11.6. The first-order valence-electron chi connectivity index (χ1n) is 10.4. The van der Waals surface area contributed by atoms with Gasteiger partial charge in [-0.05, 0) is 53.6 Å². The van der Waals surface area contributed by atoms with E-state index in [4.69, 9.17) is 11.1 Å². The Morgan fingerprint density at radius 2 is 1.61 bits per heavy atom. The molecule has 0 aliphatic carbocycles. The number of nitrogens with one attached hydrogen (secondary N) is 2. The van der Waals surface area contributed by atoms with Crippen molar-refractivity contribution in [1.82, 2.24) is 9.97 Å². The van der Waals surface area contributed by atoms with Crippen molar-refractivity contribution in [1.29, 1.82) is 5.41 Å². The maximum atomic E-state index is 15.2. The molecule has 0 aliphatic heterocycles. The molecule has 4 N–H and O–H groups in total. The van der Waals surface area contributed by atoms with Gasteiger partial charge in [-0.3, -0.25) is 0 Å². The molecule has 6 heteroatoms. The van der Waals surface area contributed by atoms with Crippen LogP contribution in [0.4, 0.5) is 21.6 Å². The minimum atomic E-state index is -0.392. The summed E-state index contributed by atoms with van der Waals surface area (Å²) in [6, 6.07) is 27.6. The quantitative estimate of drug-likeness (QED) is 0.220. The van der Waals surface area contributed by atoms with Crippen molar-refractivity contribution in [2.45, 2.75) is 0 Å². The van der Waals surface area contributed by atoms with Crippen LogP contribution < -0.4 is 11.1 Å². The second-order valence-electron chi connectivity index (χ2n) is 7.59. The van der Waals surface area contributed by atoms with Crippen LogP contribution in [0.3, 0.4) is 0 Å². The first kappa shape index (κ1) is 20.3. The third-order valence-electron chi connectivity index (χ3n) is 5.43. The van der Waals surface area contributed by atoms with Gasteiger partial charge in [0.2, 0.25) is 0 Å². The van der Waals surface area contributed by atoms with Gasteiger partial charge in [0.05, 0.1) is 11.1 Å². The number of aromatic nitrogens is 2. The maximum absolute atomic E-state index is 15.2. The van der Waals surface area contributed by atoms with E-state index in [1.165, 1.54) is 12.3 Å². The van der Waals surface area contributed by atoms with Gasteiger partial charge in [0, 0.05) is 28.5 Å². The number of nitrogens with zero attached hydrogens (tertiary/aromatic N) is 2. The van der Waals surface area contributed by atoms with Crippen LogP contribution in [0.2, 0.25) is 0 Å². The van der Waals surface area contributed by atoms with Gasteiger partial charge in [0.25, 0.3) is 0 Å². The fourth-order valence-electron chi connectivity index (χ4n) is 3.71. The molecule has 0 unspecified atom stereocenters. The van der Waals surface area contributed by atoms with E-state index in [0.29, 0.717) is 28.1 Å². The molecular weight excluding hydrogens is 413 g/mol. The monoisotopic (exact) mass is 433 g/mol. The molecule has 5 nitrogen and oxygen atoms in total. The van der Waals surface area contributed by atoms with Crippen molar-refractivity contribution >= 4 is 34.3 Å². The molecule has 0 fully saturated rings. The molecule has 0 bridgehead atoms. The second kappa shape index (κ2) is 8.51. The summed E-state index contributed by atoms with van der Waals surface area (Å²) < 4.78 is 15.2. The predicted octanol–water partition coefficient (Wildman–Crippen LogP) is 6.43. The Bertz CT molecular complexity index is 1480. The fraction of sp³-hybridized carbons (Fsp3) is 0. The summed E-state index contributed by atoms with van der Waals surface area (Å²) in [5.74, 6) is 0.440. The number of para-hydroxylation sites is 1. The molecule has 0 saturated heterocycles. The molecule has 33 heavy (non-hydrogen) atoms. The Balaban J connectivity index is 1.59. The molecule has 5 aromatic rings. The van der Waals surface area contributed by atoms with Crippen LogP contribution in [0, 0.1) is 11.2 Å². The maximum Gasteiger partial charge on any atom is 0.165 e. The van der Waals surface area contributed by atoms with Crippen LogP contribution in [-0.4, -0.2) is 16.2 Å². The van der Waals surface area contributed by atoms with Crippen LogP contribution in [0.25, 0.3) is 33.4 Å². The number of halogens is 1. The van der Waals surface area contributed by atoms with Gasteiger partial charge in [-0.1, -0.05) is 48.5 Å². The first-order valence-corrected chi connectivity index (χ1v) is 10.4. The molecule has 5 rings (SSSR count). The van der Waals surface area contributed by atoms with E-state index in [9.17, 15) is 0 Å². The highest BCUT2D eigenvalue weighted by Crippen LogP contribution is 2.31. The van der Waals surface area contributed by atoms with Crippen molar-refractivity contribution in [3.8, 4) is 22.5 Å². The Kier molecular flexibility index (Phi) is 5.24. The highest BCUT2D eigenvalue weighted by Gasteiger charge is 2.14. The van der Waals surface area contributed by atoms with Gasteiger partial charge in [-0.25, -0.2) is 14.4 Å². The molecule has 1 aromatic heterocycles. The molecular formula is C27H20FN5. The SMILES string of the molecule is N=Cc1cc(Nc2nc(-c3ccc(-c4ccccc4)cc3F)nc3ccccc23)ccc1N. The molecule has 1 heterocycles. The average molecular weight is 433 g/mol. The Labute approximate surface area is 190 Å². The first-order chi connectivity index (χ1) is 16.1. The number of hydrogen-bond donors (Lipinski definition) is 3. The lowest BCUT2D eigenvalue weighted by molar-refractivity contribution is 0.630. The average Bonchev–Trinajstić information content (AvgIpc) is 2.85. The summed E-state index contributed by atoms with van der Waals surface area (Å²) in [6.07, 6.45) is 1.20. The zero-order chi connectivity index (χ0) is 22.8. The van der Waals surface area contributed by atoms with Crippen molar-refractivity contribution in [3.63, 3.8) is 0 Å². The predicted molar refractivity (Wildman–Crippen MR) is 132 cm³/mol. The number of benzene rings is 4. The Hall–Kier alpha value is -4.58. The van der Waals surface area contributed by atoms with Gasteiger partial charge in [-0.2, -0.15) is 0 Å². The third kappa shape index (κ3) is 4.02. The smallest absolute Gasteiger partial charge is 0.165 e. The van der Waals surface area contributed by atoms with E-state index in [2.05, 4.69) is 15.3 Å². The lowest BCUT2D eigenvalue weighted by Crippen LogP contribution is -2.01. The van der Waals surface area contributed by atoms with E-state index in [0.717, 1.165) is 22.2 Å². The summed E-state index contributed by atoms with van der Waals surface area (Å²) in [6.45, 7) is 0. The number of nitrogens with two attached hydrogens (primary N) is 1. The van der Waals surface area contributed by atoms with Crippen molar-refractivity contribution in [3.05, 3.63) is 102 Å². The standard InChI is InChI=1S/C27H20FN5/c28-23-15-18(17-6-2-1-3-7-17)10-12-21(23)26-32-25-9-5-4-8-22(25)27(33-26)31-20-11-13-24(30)19(14-20)16-29/h1-16,29H,30H2,(H,31,32,33). The van der Waals surface area contributed by atoms with Crippen LogP contribution >= 0.6 is 0 Å². The number of hydrogen-bond acceptors (Lipinski definition) is 5. The zero-order valence-corrected chi connectivity index (χ0v) is 17.6. The van der Waals surface area contributed by atoms with Crippen molar-refractivity contribution < 1.29 is 4.39 Å². The van der Waals surface area contributed by atoms with Crippen LogP contribution in [0.5, 0.6) is 0 Å². The molecule has 0 atom stereocenters. The third-order valence-corrected chi connectivity index (χ3v) is 5.43. The number of fused-ring (bicyclic) bond motifs is 1. The largest absolute Gasteiger partial charge is 0.398 e. The second-order valence-corrected chi connectivity index (χ2v) is 7.59. The van der Waals surface area contributed by atoms with Gasteiger partial charge < -0.3 is 16.5 Å². The van der Waals surface area contributed by atoms with Crippen LogP contribution in [0.15, 0.2) is 91.0 Å². The molecule has 0 spiro atoms. The fourth-order valence-corrected chi connectivity index (χ4v) is 3.71. The van der Waals surface area contributed by atoms with Crippen molar-refractivity contribution in [2.75, 3.05) is 11.1 Å². The van der Waals surface area contributed by atoms with Gasteiger partial charge in [0.15, 0.2) is 5.82 Å². The van der Waals surface area contributed by atoms with Crippen molar-refractivity contribution in [2.24, 2.45) is 0 Å². The normalized spacial score (nSPS) is 10.8. The minimum absolute atomic E-state index is 0.288. The van der Waals surface area contributed by atoms with E-state index >= 15 is 4.39 Å². The van der Waals surface area contributed by atoms with Gasteiger partial charge in [-0.15, -0.1) is 0 Å². The molecule has 160 valence electrons.